The van der Waals surface area contributed by atoms with E-state index in [4.69, 9.17) is 0 Å². The van der Waals surface area contributed by atoms with Crippen LogP contribution in [0.2, 0.25) is 0 Å². The summed E-state index contributed by atoms with van der Waals surface area (Å²) in [4.78, 5) is 14.0. The number of hydrogen-bond donors (Lipinski definition) is 1. The van der Waals surface area contributed by atoms with Crippen molar-refractivity contribution in [3.63, 3.8) is 0 Å². The predicted molar refractivity (Wildman–Crippen MR) is 72.8 cm³/mol. The second-order valence-corrected chi connectivity index (χ2v) is 5.09. The van der Waals surface area contributed by atoms with E-state index in [1.807, 2.05) is 26.8 Å². The van der Waals surface area contributed by atoms with Crippen LogP contribution in [0.1, 0.15) is 29.8 Å². The van der Waals surface area contributed by atoms with Crippen molar-refractivity contribution in [2.45, 2.75) is 26.8 Å². The van der Waals surface area contributed by atoms with E-state index < -0.39 is 0 Å². The summed E-state index contributed by atoms with van der Waals surface area (Å²) in [5.74, 6) is -0.0767. The Morgan fingerprint density at radius 3 is 2.59 bits per heavy atom. The van der Waals surface area contributed by atoms with Crippen molar-refractivity contribution in [2.24, 2.45) is 0 Å². The highest BCUT2D eigenvalue weighted by atomic mass is 79.9. The summed E-state index contributed by atoms with van der Waals surface area (Å²) in [6.45, 7) is 6.44. The highest BCUT2D eigenvalue weighted by Gasteiger charge is 2.20. The average Bonchev–Trinajstić information content (AvgIpc) is 2.24. The van der Waals surface area contributed by atoms with E-state index in [1.54, 1.807) is 17.0 Å². The van der Waals surface area contributed by atoms with Crippen molar-refractivity contribution in [1.82, 2.24) is 4.90 Å². The Balaban J connectivity index is 3.01. The fourth-order valence-corrected chi connectivity index (χ4v) is 2.04. The van der Waals surface area contributed by atoms with Gasteiger partial charge in [0.2, 0.25) is 0 Å². The van der Waals surface area contributed by atoms with Gasteiger partial charge in [-0.05, 0) is 38.5 Å². The molecule has 94 valence electrons. The van der Waals surface area contributed by atoms with Crippen molar-refractivity contribution < 1.29 is 9.90 Å². The van der Waals surface area contributed by atoms with Crippen molar-refractivity contribution in [1.29, 1.82) is 0 Å². The number of rotatable bonds is 4. The van der Waals surface area contributed by atoms with Crippen LogP contribution in [0.15, 0.2) is 18.2 Å². The molecule has 0 radical (unpaired) electrons. The van der Waals surface area contributed by atoms with E-state index in [9.17, 15) is 9.90 Å². The first kappa shape index (κ1) is 14.0. The molecule has 0 atom stereocenters. The van der Waals surface area contributed by atoms with Crippen LogP contribution in [0.5, 0.6) is 5.75 Å². The maximum Gasteiger partial charge on any atom is 0.257 e. The van der Waals surface area contributed by atoms with Gasteiger partial charge < -0.3 is 10.0 Å². The molecule has 0 unspecified atom stereocenters. The van der Waals surface area contributed by atoms with E-state index in [0.29, 0.717) is 12.1 Å². The molecular weight excluding hydrogens is 282 g/mol. The smallest absolute Gasteiger partial charge is 0.257 e. The average molecular weight is 300 g/mol. The molecule has 3 nitrogen and oxygen atoms in total. The molecule has 17 heavy (non-hydrogen) atoms. The van der Waals surface area contributed by atoms with Crippen LogP contribution in [0, 0.1) is 6.92 Å². The van der Waals surface area contributed by atoms with E-state index in [0.717, 1.165) is 10.9 Å². The quantitative estimate of drug-likeness (QED) is 0.869. The lowest BCUT2D eigenvalue weighted by atomic mass is 10.1. The molecule has 1 N–H and O–H groups in total. The molecule has 1 aromatic carbocycles. The molecule has 4 heteroatoms. The molecule has 0 aliphatic heterocycles. The van der Waals surface area contributed by atoms with Crippen LogP contribution in [0.4, 0.5) is 0 Å². The maximum absolute atomic E-state index is 12.3. The molecule has 0 spiro atoms. The van der Waals surface area contributed by atoms with Gasteiger partial charge in [0.15, 0.2) is 0 Å². The Kier molecular flexibility index (Phi) is 5.00. The van der Waals surface area contributed by atoms with E-state index >= 15 is 0 Å². The fraction of sp³-hybridized carbons (Fsp3) is 0.462. The molecule has 0 aliphatic rings. The molecule has 0 saturated heterocycles. The zero-order valence-electron chi connectivity index (χ0n) is 10.4. The Morgan fingerprint density at radius 2 is 2.12 bits per heavy atom. The van der Waals surface area contributed by atoms with Crippen LogP contribution in [-0.2, 0) is 0 Å². The van der Waals surface area contributed by atoms with E-state index in [2.05, 4.69) is 15.9 Å². The number of benzene rings is 1. The summed E-state index contributed by atoms with van der Waals surface area (Å²) in [7, 11) is 0. The van der Waals surface area contributed by atoms with Crippen LogP contribution >= 0.6 is 15.9 Å². The Labute approximate surface area is 111 Å². The third-order valence-electron chi connectivity index (χ3n) is 2.59. The van der Waals surface area contributed by atoms with Crippen molar-refractivity contribution in [3.05, 3.63) is 29.3 Å². The van der Waals surface area contributed by atoms with Gasteiger partial charge in [0.25, 0.3) is 5.91 Å². The third-order valence-corrected chi connectivity index (χ3v) is 2.95. The van der Waals surface area contributed by atoms with Gasteiger partial charge in [0.05, 0.1) is 5.56 Å². The summed E-state index contributed by atoms with van der Waals surface area (Å²) in [6, 6.07) is 5.23. The normalized spacial score (nSPS) is 10.6. The van der Waals surface area contributed by atoms with Gasteiger partial charge in [-0.15, -0.1) is 0 Å². The monoisotopic (exact) mass is 299 g/mol. The molecule has 1 amide bonds. The minimum absolute atomic E-state index is 0.0511. The lowest BCUT2D eigenvalue weighted by Crippen LogP contribution is -2.38. The maximum atomic E-state index is 12.3. The number of nitrogens with zero attached hydrogens (tertiary/aromatic N) is 1. The Hall–Kier alpha value is -1.03. The van der Waals surface area contributed by atoms with Gasteiger partial charge in [-0.25, -0.2) is 0 Å². The second kappa shape index (κ2) is 6.05. The molecule has 0 aromatic heterocycles. The Morgan fingerprint density at radius 1 is 1.47 bits per heavy atom. The van der Waals surface area contributed by atoms with Gasteiger partial charge in [-0.2, -0.15) is 0 Å². The largest absolute Gasteiger partial charge is 0.507 e. The highest BCUT2D eigenvalue weighted by molar-refractivity contribution is 9.09. The number of halogens is 1. The number of aryl methyl sites for hydroxylation is 1. The number of amides is 1. The number of phenols is 1. The number of alkyl halides is 1. The molecular formula is C13H18BrNO2. The molecule has 0 fully saturated rings. The first-order valence-electron chi connectivity index (χ1n) is 5.64. The zero-order chi connectivity index (χ0) is 13.0. The number of phenolic OH excluding ortho intramolecular Hbond substituents is 1. The predicted octanol–water partition coefficient (Wildman–Crippen LogP) is 2.95. The minimum atomic E-state index is -0.128. The van der Waals surface area contributed by atoms with Crippen LogP contribution in [0.3, 0.4) is 0 Å². The fourth-order valence-electron chi connectivity index (χ4n) is 1.66. The Bertz CT molecular complexity index is 404. The highest BCUT2D eigenvalue weighted by Crippen LogP contribution is 2.21. The zero-order valence-corrected chi connectivity index (χ0v) is 12.0. The van der Waals surface area contributed by atoms with Crippen LogP contribution < -0.4 is 0 Å². The molecule has 0 aliphatic carbocycles. The molecule has 0 saturated carbocycles. The van der Waals surface area contributed by atoms with Crippen molar-refractivity contribution in [2.75, 3.05) is 11.9 Å². The minimum Gasteiger partial charge on any atom is -0.507 e. The van der Waals surface area contributed by atoms with Gasteiger partial charge in [0.1, 0.15) is 5.75 Å². The summed E-state index contributed by atoms with van der Waals surface area (Å²) in [6.07, 6.45) is 0. The summed E-state index contributed by atoms with van der Waals surface area (Å²) >= 11 is 3.33. The third kappa shape index (κ3) is 3.46. The summed E-state index contributed by atoms with van der Waals surface area (Å²) in [5.41, 5.74) is 1.31. The van der Waals surface area contributed by atoms with E-state index in [1.165, 1.54) is 0 Å². The van der Waals surface area contributed by atoms with Crippen molar-refractivity contribution in [3.8, 4) is 5.75 Å². The summed E-state index contributed by atoms with van der Waals surface area (Å²) in [5, 5.41) is 10.5. The number of carbonyl (C=O) groups is 1. The first-order valence-corrected chi connectivity index (χ1v) is 6.76. The summed E-state index contributed by atoms with van der Waals surface area (Å²) < 4.78 is 0. The van der Waals surface area contributed by atoms with E-state index in [-0.39, 0.29) is 17.7 Å². The number of aromatic hydroxyl groups is 1. The standard InChI is InChI=1S/C13H18BrNO2/c1-9(2)15(7-6-14)13(17)11-5-4-10(3)8-12(11)16/h4-5,8-9,16H,6-7H2,1-3H3. The van der Waals surface area contributed by atoms with Crippen LogP contribution in [-0.4, -0.2) is 33.8 Å². The molecule has 0 heterocycles. The van der Waals surface area contributed by atoms with Crippen molar-refractivity contribution >= 4 is 21.8 Å². The SMILES string of the molecule is Cc1ccc(C(=O)N(CCBr)C(C)C)c(O)c1. The topological polar surface area (TPSA) is 40.5 Å². The van der Waals surface area contributed by atoms with Gasteiger partial charge in [-0.1, -0.05) is 22.0 Å². The van der Waals surface area contributed by atoms with Gasteiger partial charge >= 0.3 is 0 Å². The molecule has 0 bridgehead atoms. The number of hydrogen-bond acceptors (Lipinski definition) is 2. The van der Waals surface area contributed by atoms with Crippen LogP contribution in [0.25, 0.3) is 0 Å². The second-order valence-electron chi connectivity index (χ2n) is 4.30. The lowest BCUT2D eigenvalue weighted by Gasteiger charge is -2.26. The van der Waals surface area contributed by atoms with Gasteiger partial charge in [-0.3, -0.25) is 4.79 Å². The molecule has 1 rings (SSSR count). The number of carbonyl (C=O) groups excluding carboxylic acids is 1. The van der Waals surface area contributed by atoms with Gasteiger partial charge in [0, 0.05) is 17.9 Å². The molecule has 1 aromatic rings. The first-order chi connectivity index (χ1) is 7.97. The lowest BCUT2D eigenvalue weighted by molar-refractivity contribution is 0.0716.